The van der Waals surface area contributed by atoms with Crippen LogP contribution in [0.5, 0.6) is 0 Å². The van der Waals surface area contributed by atoms with Gasteiger partial charge in [0.2, 0.25) is 0 Å². The van der Waals surface area contributed by atoms with Gasteiger partial charge in [0, 0.05) is 0 Å². The van der Waals surface area contributed by atoms with Crippen molar-refractivity contribution in [3.8, 4) is 0 Å². The van der Waals surface area contributed by atoms with Gasteiger partial charge in [0.05, 0.1) is 0 Å². The van der Waals surface area contributed by atoms with Crippen molar-refractivity contribution in [2.45, 2.75) is 6.10 Å². The summed E-state index contributed by atoms with van der Waals surface area (Å²) in [6.07, 6.45) is -0.130. The molecular formula is C26H23O2P. The number of hydrogen-bond donors (Lipinski definition) is 0. The SMILES string of the molecule is c1ccc(C2COP(c3ccccc3)(c3ccccc3)(c3ccccc3)O2)cc1. The zero-order valence-corrected chi connectivity index (χ0v) is 17.0. The van der Waals surface area contributed by atoms with Crippen LogP contribution in [0.4, 0.5) is 0 Å². The number of benzene rings is 4. The van der Waals surface area contributed by atoms with Crippen molar-refractivity contribution in [1.82, 2.24) is 0 Å². The Morgan fingerprint density at radius 2 is 0.897 bits per heavy atom. The van der Waals surface area contributed by atoms with Crippen LogP contribution in [0.15, 0.2) is 121 Å². The fourth-order valence-electron chi connectivity index (χ4n) is 4.29. The molecule has 1 saturated heterocycles. The molecule has 0 radical (unpaired) electrons. The second-order valence-electron chi connectivity index (χ2n) is 7.26. The van der Waals surface area contributed by atoms with Crippen LogP contribution in [0, 0.1) is 0 Å². The predicted octanol–water partition coefficient (Wildman–Crippen LogP) is 5.13. The van der Waals surface area contributed by atoms with Crippen molar-refractivity contribution in [3.63, 3.8) is 0 Å². The summed E-state index contributed by atoms with van der Waals surface area (Å²) >= 11 is 0. The van der Waals surface area contributed by atoms with Gasteiger partial charge in [0.15, 0.2) is 0 Å². The minimum atomic E-state index is -3.57. The van der Waals surface area contributed by atoms with E-state index in [9.17, 15) is 0 Å². The van der Waals surface area contributed by atoms with Crippen LogP contribution in [0.1, 0.15) is 11.7 Å². The number of hydrogen-bond acceptors (Lipinski definition) is 2. The monoisotopic (exact) mass is 398 g/mol. The molecule has 0 saturated carbocycles. The normalized spacial score (nSPS) is 21.1. The molecule has 29 heavy (non-hydrogen) atoms. The molecule has 1 heterocycles. The van der Waals surface area contributed by atoms with Crippen molar-refractivity contribution in [1.29, 1.82) is 0 Å². The van der Waals surface area contributed by atoms with Gasteiger partial charge in [-0.3, -0.25) is 0 Å². The van der Waals surface area contributed by atoms with Gasteiger partial charge in [-0.05, 0) is 0 Å². The molecule has 1 fully saturated rings. The Bertz CT molecular complexity index is 983. The van der Waals surface area contributed by atoms with Gasteiger partial charge < -0.3 is 0 Å². The summed E-state index contributed by atoms with van der Waals surface area (Å²) in [7, 11) is -3.57. The van der Waals surface area contributed by atoms with E-state index in [1.807, 2.05) is 24.3 Å². The molecule has 1 unspecified atom stereocenters. The molecule has 1 aliphatic heterocycles. The Morgan fingerprint density at radius 1 is 0.517 bits per heavy atom. The molecule has 0 bridgehead atoms. The fourth-order valence-corrected chi connectivity index (χ4v) is 9.28. The van der Waals surface area contributed by atoms with Crippen LogP contribution in [0.2, 0.25) is 0 Å². The van der Waals surface area contributed by atoms with E-state index in [-0.39, 0.29) is 6.10 Å². The molecule has 5 rings (SSSR count). The fraction of sp³-hybridized carbons (Fsp3) is 0.0769. The van der Waals surface area contributed by atoms with Crippen LogP contribution < -0.4 is 15.9 Å². The van der Waals surface area contributed by atoms with Crippen molar-refractivity contribution in [3.05, 3.63) is 127 Å². The summed E-state index contributed by atoms with van der Waals surface area (Å²) in [5, 5.41) is 3.28. The topological polar surface area (TPSA) is 18.5 Å². The zero-order valence-electron chi connectivity index (χ0n) is 16.1. The van der Waals surface area contributed by atoms with E-state index in [0.29, 0.717) is 6.61 Å². The molecular weight excluding hydrogens is 375 g/mol. The van der Waals surface area contributed by atoms with Crippen molar-refractivity contribution in [2.75, 3.05) is 6.61 Å². The van der Waals surface area contributed by atoms with Gasteiger partial charge in [-0.2, -0.15) is 0 Å². The van der Waals surface area contributed by atoms with Crippen molar-refractivity contribution < 1.29 is 9.05 Å². The maximum absolute atomic E-state index is 7.19. The van der Waals surface area contributed by atoms with Gasteiger partial charge in [0.1, 0.15) is 0 Å². The Kier molecular flexibility index (Phi) is 4.56. The van der Waals surface area contributed by atoms with Crippen molar-refractivity contribution >= 4 is 23.0 Å². The van der Waals surface area contributed by atoms with Gasteiger partial charge in [-0.25, -0.2) is 0 Å². The molecule has 0 amide bonds. The number of rotatable bonds is 4. The molecule has 0 aromatic heterocycles. The average Bonchev–Trinajstić information content (AvgIpc) is 3.25. The molecule has 1 aliphatic rings. The molecule has 0 aliphatic carbocycles. The van der Waals surface area contributed by atoms with Gasteiger partial charge in [-0.1, -0.05) is 0 Å². The molecule has 4 aromatic rings. The average molecular weight is 398 g/mol. The van der Waals surface area contributed by atoms with Crippen molar-refractivity contribution in [2.24, 2.45) is 0 Å². The Balaban J connectivity index is 1.82. The van der Waals surface area contributed by atoms with Gasteiger partial charge in [-0.15, -0.1) is 0 Å². The van der Waals surface area contributed by atoms with E-state index in [0.717, 1.165) is 21.5 Å². The van der Waals surface area contributed by atoms with E-state index < -0.39 is 7.06 Å². The summed E-state index contributed by atoms with van der Waals surface area (Å²) < 4.78 is 14.2. The third-order valence-electron chi connectivity index (χ3n) is 5.65. The van der Waals surface area contributed by atoms with E-state index in [1.165, 1.54) is 0 Å². The van der Waals surface area contributed by atoms with Crippen LogP contribution in [-0.2, 0) is 9.05 Å². The Labute approximate surface area is 171 Å². The molecule has 144 valence electrons. The van der Waals surface area contributed by atoms with Crippen LogP contribution >= 0.6 is 7.06 Å². The summed E-state index contributed by atoms with van der Waals surface area (Å²) in [4.78, 5) is 0. The zero-order chi connectivity index (χ0) is 19.6. The van der Waals surface area contributed by atoms with Crippen LogP contribution in [0.25, 0.3) is 0 Å². The minimum absolute atomic E-state index is 0.130. The molecule has 4 aromatic carbocycles. The molecule has 3 heteroatoms. The summed E-state index contributed by atoms with van der Waals surface area (Å²) in [5.74, 6) is 0. The standard InChI is InChI=1S/C26H23O2P/c1-5-13-22(14-6-1)26-21-27-29(28-26,23-15-7-2-8-16-23,24-17-9-3-10-18-24)25-19-11-4-12-20-25/h1-20,26H,21H2. The van der Waals surface area contributed by atoms with E-state index in [4.69, 9.17) is 9.05 Å². The quantitative estimate of drug-likeness (QED) is 0.444. The summed E-state index contributed by atoms with van der Waals surface area (Å²) in [6, 6.07) is 41.8. The van der Waals surface area contributed by atoms with Crippen LogP contribution in [-0.4, -0.2) is 6.61 Å². The van der Waals surface area contributed by atoms with Crippen LogP contribution in [0.3, 0.4) is 0 Å². The molecule has 0 N–H and O–H groups in total. The van der Waals surface area contributed by atoms with Gasteiger partial charge in [0.25, 0.3) is 0 Å². The first-order valence-electron chi connectivity index (χ1n) is 9.90. The summed E-state index contributed by atoms with van der Waals surface area (Å²) in [5.41, 5.74) is 1.14. The Hall–Kier alpha value is -2.77. The second-order valence-corrected chi connectivity index (χ2v) is 11.2. The first-order valence-corrected chi connectivity index (χ1v) is 12.0. The molecule has 0 spiro atoms. The summed E-state index contributed by atoms with van der Waals surface area (Å²) in [6.45, 7) is 0.514. The van der Waals surface area contributed by atoms with E-state index in [1.54, 1.807) is 0 Å². The van der Waals surface area contributed by atoms with E-state index >= 15 is 0 Å². The third-order valence-corrected chi connectivity index (χ3v) is 10.7. The first-order chi connectivity index (χ1) is 14.3. The second kappa shape index (κ2) is 7.24. The maximum atomic E-state index is 7.19. The third kappa shape index (κ3) is 2.76. The Morgan fingerprint density at radius 3 is 1.31 bits per heavy atom. The van der Waals surface area contributed by atoms with E-state index in [2.05, 4.69) is 97.1 Å². The molecule has 2 nitrogen and oxygen atoms in total. The predicted molar refractivity (Wildman–Crippen MR) is 121 cm³/mol. The first kappa shape index (κ1) is 18.3. The van der Waals surface area contributed by atoms with Gasteiger partial charge >= 0.3 is 172 Å². The molecule has 1 atom stereocenters.